The van der Waals surface area contributed by atoms with Crippen LogP contribution in [0.15, 0.2) is 76.4 Å². The molecular weight excluding hydrogens is 598 g/mol. The molecule has 226 valence electrons. The standard InChI is InChI=1S/C25H28N2O13P2/c1-2-36-18-10-8-16(9-11-18)15-41(32,33)40-42(34,35)37-14-19-21(29)22(39-24(30)17-6-4-3-5-7-17)23(38-19)27-13-12-20(28)26-25(27)31/h3-13,19,21-23,29H,2,14-15H2,1H3,(H,32,33)(H,34,35)(H,26,28,31)/p-2/t19-,21?,22+,23-/m1/s1. The third kappa shape index (κ3) is 8.12. The van der Waals surface area contributed by atoms with Crippen molar-refractivity contribution in [2.45, 2.75) is 37.6 Å². The lowest BCUT2D eigenvalue weighted by molar-refractivity contribution is -0.234. The molecule has 0 amide bonds. The van der Waals surface area contributed by atoms with Crippen molar-refractivity contribution in [2.75, 3.05) is 13.2 Å². The normalized spacial score (nSPS) is 23.0. The van der Waals surface area contributed by atoms with Crippen LogP contribution >= 0.6 is 15.4 Å². The number of rotatable bonds is 12. The van der Waals surface area contributed by atoms with Gasteiger partial charge in [-0.25, -0.2) is 9.59 Å². The molecule has 15 nitrogen and oxygen atoms in total. The minimum absolute atomic E-state index is 0.105. The number of nitrogens with one attached hydrogen (secondary N) is 1. The largest absolute Gasteiger partial charge is 0.778 e. The number of aliphatic hydroxyl groups excluding tert-OH is 1. The molecule has 3 aromatic rings. The molecule has 0 radical (unpaired) electrons. The van der Waals surface area contributed by atoms with Gasteiger partial charge < -0.3 is 38.2 Å². The molecule has 0 bridgehead atoms. The van der Waals surface area contributed by atoms with E-state index >= 15 is 0 Å². The second-order valence-electron chi connectivity index (χ2n) is 8.98. The van der Waals surface area contributed by atoms with Crippen LogP contribution in [-0.4, -0.2) is 52.2 Å². The zero-order chi connectivity index (χ0) is 30.5. The first kappa shape index (κ1) is 31.5. The Hall–Kier alpha value is -3.39. The minimum Gasteiger partial charge on any atom is -0.778 e. The van der Waals surface area contributed by atoms with E-state index in [1.54, 1.807) is 25.1 Å². The summed E-state index contributed by atoms with van der Waals surface area (Å²) in [6.07, 6.45) is -6.15. The maximum Gasteiger partial charge on any atom is 0.338 e. The van der Waals surface area contributed by atoms with Crippen LogP contribution in [0.25, 0.3) is 0 Å². The van der Waals surface area contributed by atoms with E-state index in [-0.39, 0.29) is 11.1 Å². The molecule has 1 aliphatic rings. The Bertz CT molecular complexity index is 1590. The van der Waals surface area contributed by atoms with Gasteiger partial charge in [-0.1, -0.05) is 30.3 Å². The minimum atomic E-state index is -5.52. The summed E-state index contributed by atoms with van der Waals surface area (Å²) in [6, 6.07) is 14.5. The number of esters is 1. The zero-order valence-electron chi connectivity index (χ0n) is 22.0. The predicted molar refractivity (Wildman–Crippen MR) is 140 cm³/mol. The smallest absolute Gasteiger partial charge is 0.338 e. The molecule has 1 saturated heterocycles. The van der Waals surface area contributed by atoms with Crippen LogP contribution in [0, 0.1) is 0 Å². The van der Waals surface area contributed by atoms with Gasteiger partial charge in [0, 0.05) is 18.4 Å². The van der Waals surface area contributed by atoms with Crippen LogP contribution in [0.4, 0.5) is 0 Å². The number of aromatic nitrogens is 2. The summed E-state index contributed by atoms with van der Waals surface area (Å²) in [4.78, 5) is 63.4. The number of benzene rings is 2. The van der Waals surface area contributed by atoms with Gasteiger partial charge in [0.15, 0.2) is 12.3 Å². The van der Waals surface area contributed by atoms with E-state index in [2.05, 4.69) is 4.31 Å². The molecule has 0 saturated carbocycles. The topological polar surface area (TPSA) is 219 Å². The average Bonchev–Trinajstić information content (AvgIpc) is 3.23. The Kier molecular flexibility index (Phi) is 9.97. The maximum absolute atomic E-state index is 12.7. The fourth-order valence-corrected chi connectivity index (χ4v) is 6.68. The molecule has 3 unspecified atom stereocenters. The first-order valence-corrected chi connectivity index (χ1v) is 15.7. The third-order valence-corrected chi connectivity index (χ3v) is 8.94. The van der Waals surface area contributed by atoms with Gasteiger partial charge in [0.05, 0.1) is 18.8 Å². The highest BCUT2D eigenvalue weighted by Gasteiger charge is 2.48. The second kappa shape index (κ2) is 13.3. The van der Waals surface area contributed by atoms with Gasteiger partial charge in [0.25, 0.3) is 13.4 Å². The lowest BCUT2D eigenvalue weighted by Crippen LogP contribution is -2.40. The van der Waals surface area contributed by atoms with E-state index in [4.69, 9.17) is 18.7 Å². The van der Waals surface area contributed by atoms with Gasteiger partial charge in [0.2, 0.25) is 0 Å². The molecule has 1 aromatic heterocycles. The SMILES string of the molecule is CCOc1ccc(CP(=O)([O-])OP(=O)([O-])OC[C@H]2O[C@@H](n3ccc(=O)[nH]c3=O)[C@@H](OC(=O)c3ccccc3)C2O)cc1. The van der Waals surface area contributed by atoms with Crippen molar-refractivity contribution >= 4 is 21.4 Å². The number of nitrogens with zero attached hydrogens (tertiary/aromatic N) is 1. The molecule has 2 aromatic carbocycles. The summed E-state index contributed by atoms with van der Waals surface area (Å²) in [7, 11) is -10.5. The van der Waals surface area contributed by atoms with Gasteiger partial charge in [-0.3, -0.25) is 23.2 Å². The van der Waals surface area contributed by atoms with Gasteiger partial charge in [-0.2, -0.15) is 0 Å². The molecule has 0 aliphatic carbocycles. The highest BCUT2D eigenvalue weighted by molar-refractivity contribution is 7.62. The van der Waals surface area contributed by atoms with Crippen LogP contribution in [-0.2, 0) is 33.6 Å². The number of aliphatic hydroxyl groups is 1. The maximum atomic E-state index is 12.7. The number of ether oxygens (including phenoxy) is 3. The molecule has 42 heavy (non-hydrogen) atoms. The summed E-state index contributed by atoms with van der Waals surface area (Å²) < 4.78 is 50.9. The summed E-state index contributed by atoms with van der Waals surface area (Å²) in [5, 5.41) is 10.9. The second-order valence-corrected chi connectivity index (χ2v) is 12.3. The van der Waals surface area contributed by atoms with Crippen LogP contribution in [0.5, 0.6) is 5.75 Å². The molecule has 1 aliphatic heterocycles. The molecular formula is C25H26N2O13P2-2. The van der Waals surface area contributed by atoms with E-state index in [1.165, 1.54) is 36.4 Å². The molecule has 6 atom stereocenters. The first-order valence-electron chi connectivity index (χ1n) is 12.5. The lowest BCUT2D eigenvalue weighted by Gasteiger charge is -2.32. The van der Waals surface area contributed by atoms with Crippen molar-refractivity contribution in [1.82, 2.24) is 9.55 Å². The third-order valence-electron chi connectivity index (χ3n) is 5.92. The Labute approximate surface area is 238 Å². The van der Waals surface area contributed by atoms with E-state index in [0.717, 1.165) is 16.8 Å². The number of H-pyrrole nitrogens is 1. The van der Waals surface area contributed by atoms with Crippen LogP contribution < -0.4 is 25.8 Å². The molecule has 2 heterocycles. The lowest BCUT2D eigenvalue weighted by atomic mass is 10.1. The van der Waals surface area contributed by atoms with Crippen molar-refractivity contribution in [3.63, 3.8) is 0 Å². The number of phosphoric acid groups is 1. The zero-order valence-corrected chi connectivity index (χ0v) is 23.8. The van der Waals surface area contributed by atoms with E-state index in [0.29, 0.717) is 12.4 Å². The van der Waals surface area contributed by atoms with Crippen molar-refractivity contribution in [1.29, 1.82) is 0 Å². The van der Waals surface area contributed by atoms with E-state index in [9.17, 15) is 38.4 Å². The van der Waals surface area contributed by atoms with E-state index < -0.39 is 69.9 Å². The fraction of sp³-hybridized carbons (Fsp3) is 0.320. The molecule has 1 fully saturated rings. The van der Waals surface area contributed by atoms with Crippen molar-refractivity contribution in [3.8, 4) is 5.75 Å². The summed E-state index contributed by atoms with van der Waals surface area (Å²) in [6.45, 7) is 1.20. The van der Waals surface area contributed by atoms with Crippen LogP contribution in [0.2, 0.25) is 0 Å². The Balaban J connectivity index is 1.46. The van der Waals surface area contributed by atoms with E-state index in [1.807, 2.05) is 4.98 Å². The Morgan fingerprint density at radius 3 is 2.40 bits per heavy atom. The number of hydrogen-bond acceptors (Lipinski definition) is 13. The average molecular weight is 624 g/mol. The van der Waals surface area contributed by atoms with Crippen LogP contribution in [0.1, 0.15) is 29.1 Å². The molecule has 0 spiro atoms. The van der Waals surface area contributed by atoms with Gasteiger partial charge in [-0.15, -0.1) is 0 Å². The molecule has 4 rings (SSSR count). The number of hydrogen-bond donors (Lipinski definition) is 2. The van der Waals surface area contributed by atoms with Crippen molar-refractivity contribution < 1.29 is 51.9 Å². The highest BCUT2D eigenvalue weighted by Crippen LogP contribution is 2.56. The number of carbonyl (C=O) groups is 1. The molecule has 17 heteroatoms. The number of aromatic amines is 1. The summed E-state index contributed by atoms with van der Waals surface area (Å²) in [5.41, 5.74) is -1.37. The highest BCUT2D eigenvalue weighted by atomic mass is 31.3. The quantitative estimate of drug-likeness (QED) is 0.209. The van der Waals surface area contributed by atoms with Gasteiger partial charge in [-0.05, 0) is 36.8 Å². The number of carbonyl (C=O) groups excluding carboxylic acids is 1. The number of phosphoric ester groups is 1. The fourth-order valence-electron chi connectivity index (χ4n) is 4.05. The summed E-state index contributed by atoms with van der Waals surface area (Å²) >= 11 is 0. The van der Waals surface area contributed by atoms with Crippen molar-refractivity contribution in [2.24, 2.45) is 0 Å². The van der Waals surface area contributed by atoms with Crippen LogP contribution in [0.3, 0.4) is 0 Å². The Morgan fingerprint density at radius 1 is 1.07 bits per heavy atom. The monoisotopic (exact) mass is 624 g/mol. The first-order chi connectivity index (χ1) is 19.9. The summed E-state index contributed by atoms with van der Waals surface area (Å²) in [5.74, 6) is -0.405. The van der Waals surface area contributed by atoms with Crippen molar-refractivity contribution in [3.05, 3.63) is 98.8 Å². The van der Waals surface area contributed by atoms with Gasteiger partial charge >= 0.3 is 11.7 Å². The Morgan fingerprint density at radius 2 is 1.76 bits per heavy atom. The van der Waals surface area contributed by atoms with Gasteiger partial charge in [0.1, 0.15) is 25.6 Å². The molecule has 2 N–H and O–H groups in total. The predicted octanol–water partition coefficient (Wildman–Crippen LogP) is 0.674.